The first-order valence-corrected chi connectivity index (χ1v) is 10.4. The van der Waals surface area contributed by atoms with Crippen LogP contribution in [0, 0.1) is 0 Å². The molecule has 3 rings (SSSR count). The largest absolute Gasteiger partial charge is 0.370 e. The highest BCUT2D eigenvalue weighted by Gasteiger charge is 2.20. The number of piperazine rings is 1. The number of anilines is 1. The maximum Gasteiger partial charge on any atom is 0.191 e. The summed E-state index contributed by atoms with van der Waals surface area (Å²) in [5, 5.41) is 3.11. The first kappa shape index (κ1) is 22.9. The lowest BCUT2D eigenvalue weighted by molar-refractivity contribution is 0.304. The number of rotatable bonds is 6. The normalized spacial score (nSPS) is 16.2. The number of aryl methyl sites for hydroxylation is 1. The lowest BCUT2D eigenvalue weighted by atomic mass is 10.0. The molecule has 6 nitrogen and oxygen atoms in total. The van der Waals surface area contributed by atoms with Crippen LogP contribution in [0.25, 0.3) is 0 Å². The predicted octanol–water partition coefficient (Wildman–Crippen LogP) is 3.06. The van der Waals surface area contributed by atoms with Gasteiger partial charge in [0.2, 0.25) is 0 Å². The second-order valence-electron chi connectivity index (χ2n) is 7.06. The Morgan fingerprint density at radius 1 is 1.21 bits per heavy atom. The molecule has 1 fully saturated rings. The van der Waals surface area contributed by atoms with E-state index >= 15 is 0 Å². The van der Waals surface area contributed by atoms with Crippen LogP contribution in [0.15, 0.2) is 40.8 Å². The monoisotopic (exact) mass is 514 g/mol. The Balaban J connectivity index is 0.00000280. The Morgan fingerprint density at radius 3 is 2.43 bits per heavy atom. The molecule has 1 aliphatic heterocycles. The summed E-state index contributed by atoms with van der Waals surface area (Å²) < 4.78 is 0. The Labute approximate surface area is 189 Å². The van der Waals surface area contributed by atoms with Gasteiger partial charge in [0, 0.05) is 37.8 Å². The number of thiazole rings is 1. The molecular formula is C20H31IN6S. The van der Waals surface area contributed by atoms with Crippen molar-refractivity contribution in [3.8, 4) is 0 Å². The summed E-state index contributed by atoms with van der Waals surface area (Å²) in [4.78, 5) is 15.8. The number of hydrogen-bond acceptors (Lipinski definition) is 5. The molecule has 154 valence electrons. The van der Waals surface area contributed by atoms with Gasteiger partial charge >= 0.3 is 0 Å². The molecule has 1 atom stereocenters. The van der Waals surface area contributed by atoms with Crippen molar-refractivity contribution in [2.24, 2.45) is 10.7 Å². The summed E-state index contributed by atoms with van der Waals surface area (Å²) in [5.41, 5.74) is 8.95. The van der Waals surface area contributed by atoms with Crippen molar-refractivity contribution in [1.82, 2.24) is 14.8 Å². The molecule has 0 radical (unpaired) electrons. The summed E-state index contributed by atoms with van der Waals surface area (Å²) in [6, 6.07) is 9.06. The molecule has 8 heteroatoms. The number of nitrogens with two attached hydrogens (primary N) is 1. The molecule has 1 aliphatic rings. The first-order chi connectivity index (χ1) is 13.1. The van der Waals surface area contributed by atoms with E-state index in [1.54, 1.807) is 11.3 Å². The fourth-order valence-electron chi connectivity index (χ4n) is 3.32. The smallest absolute Gasteiger partial charge is 0.191 e. The standard InChI is InChI=1S/C20H30N6S.HI/c1-4-16-5-7-17(8-6-16)18(24(2)3)15-23-19(21)25-10-12-26(13-11-25)20-22-9-14-27-20;/h5-9,14,18H,4,10-13,15H2,1-3H3,(H2,21,23);1H. The molecule has 0 aliphatic carbocycles. The van der Waals surface area contributed by atoms with Crippen LogP contribution < -0.4 is 10.6 Å². The number of benzene rings is 1. The second-order valence-corrected chi connectivity index (χ2v) is 7.94. The fourth-order valence-corrected chi connectivity index (χ4v) is 4.02. The topological polar surface area (TPSA) is 61.0 Å². The van der Waals surface area contributed by atoms with Gasteiger partial charge in [-0.2, -0.15) is 0 Å². The number of halogens is 1. The molecule has 0 amide bonds. The molecule has 1 saturated heterocycles. The molecule has 2 heterocycles. The minimum atomic E-state index is 0. The van der Waals surface area contributed by atoms with Crippen LogP contribution in [0.3, 0.4) is 0 Å². The van der Waals surface area contributed by atoms with E-state index in [4.69, 9.17) is 10.7 Å². The summed E-state index contributed by atoms with van der Waals surface area (Å²) >= 11 is 1.69. The Morgan fingerprint density at radius 2 is 1.89 bits per heavy atom. The quantitative estimate of drug-likeness (QED) is 0.365. The third-order valence-electron chi connectivity index (χ3n) is 5.12. The van der Waals surface area contributed by atoms with Crippen LogP contribution in [-0.4, -0.2) is 67.6 Å². The molecule has 0 saturated carbocycles. The van der Waals surface area contributed by atoms with Crippen LogP contribution in [0.5, 0.6) is 0 Å². The van der Waals surface area contributed by atoms with E-state index in [1.165, 1.54) is 11.1 Å². The van der Waals surface area contributed by atoms with Gasteiger partial charge in [0.15, 0.2) is 11.1 Å². The zero-order valence-electron chi connectivity index (χ0n) is 16.9. The van der Waals surface area contributed by atoms with Gasteiger partial charge in [0.05, 0.1) is 12.6 Å². The molecular weight excluding hydrogens is 483 g/mol. The third-order valence-corrected chi connectivity index (χ3v) is 5.95. The number of likely N-dealkylation sites (N-methyl/N-ethyl adjacent to an activating group) is 1. The van der Waals surface area contributed by atoms with Gasteiger partial charge in [-0.05, 0) is 31.6 Å². The molecule has 0 spiro atoms. The van der Waals surface area contributed by atoms with Crippen LogP contribution in [0.4, 0.5) is 5.13 Å². The highest BCUT2D eigenvalue weighted by Crippen LogP contribution is 2.21. The summed E-state index contributed by atoms with van der Waals surface area (Å²) in [6.45, 7) is 6.47. The van der Waals surface area contributed by atoms with E-state index in [0.717, 1.165) is 37.7 Å². The maximum atomic E-state index is 6.31. The molecule has 28 heavy (non-hydrogen) atoms. The third kappa shape index (κ3) is 5.81. The van der Waals surface area contributed by atoms with E-state index in [1.807, 2.05) is 11.6 Å². The second kappa shape index (κ2) is 11.0. The van der Waals surface area contributed by atoms with Crippen molar-refractivity contribution < 1.29 is 0 Å². The Bertz CT molecular complexity index is 724. The van der Waals surface area contributed by atoms with Crippen LogP contribution in [0.2, 0.25) is 0 Å². The van der Waals surface area contributed by atoms with Gasteiger partial charge < -0.3 is 20.4 Å². The zero-order valence-corrected chi connectivity index (χ0v) is 20.1. The van der Waals surface area contributed by atoms with Crippen LogP contribution >= 0.6 is 35.3 Å². The highest BCUT2D eigenvalue weighted by atomic mass is 127. The lowest BCUT2D eigenvalue weighted by Gasteiger charge is -2.35. The number of hydrogen-bond donors (Lipinski definition) is 1. The summed E-state index contributed by atoms with van der Waals surface area (Å²) in [7, 11) is 4.19. The average molecular weight is 514 g/mol. The van der Waals surface area contributed by atoms with Crippen molar-refractivity contribution in [3.05, 3.63) is 47.0 Å². The van der Waals surface area contributed by atoms with Gasteiger partial charge in [-0.15, -0.1) is 35.3 Å². The van der Waals surface area contributed by atoms with Gasteiger partial charge in [0.25, 0.3) is 0 Å². The molecule has 1 aromatic carbocycles. The van der Waals surface area contributed by atoms with Crippen molar-refractivity contribution in [1.29, 1.82) is 0 Å². The zero-order chi connectivity index (χ0) is 19.2. The van der Waals surface area contributed by atoms with Gasteiger partial charge in [-0.3, -0.25) is 4.99 Å². The van der Waals surface area contributed by atoms with Crippen molar-refractivity contribution >= 4 is 46.4 Å². The van der Waals surface area contributed by atoms with E-state index in [9.17, 15) is 0 Å². The number of aromatic nitrogens is 1. The van der Waals surface area contributed by atoms with Crippen molar-refractivity contribution in [3.63, 3.8) is 0 Å². The molecule has 1 aromatic heterocycles. The Kier molecular flexibility index (Phi) is 8.97. The van der Waals surface area contributed by atoms with Gasteiger partial charge in [-0.1, -0.05) is 31.2 Å². The lowest BCUT2D eigenvalue weighted by Crippen LogP contribution is -2.51. The van der Waals surface area contributed by atoms with Crippen molar-refractivity contribution in [2.45, 2.75) is 19.4 Å². The average Bonchev–Trinajstić information content (AvgIpc) is 3.23. The fraction of sp³-hybridized carbons (Fsp3) is 0.500. The molecule has 2 aromatic rings. The van der Waals surface area contributed by atoms with Crippen LogP contribution in [0.1, 0.15) is 24.1 Å². The predicted molar refractivity (Wildman–Crippen MR) is 130 cm³/mol. The summed E-state index contributed by atoms with van der Waals surface area (Å²) in [5.74, 6) is 0.644. The molecule has 2 N–H and O–H groups in total. The number of aliphatic imine (C=N–C) groups is 1. The maximum absolute atomic E-state index is 6.31. The minimum absolute atomic E-state index is 0. The Hall–Kier alpha value is -1.39. The van der Waals surface area contributed by atoms with E-state index in [0.29, 0.717) is 12.5 Å². The molecule has 1 unspecified atom stereocenters. The van der Waals surface area contributed by atoms with E-state index in [-0.39, 0.29) is 30.0 Å². The van der Waals surface area contributed by atoms with Crippen LogP contribution in [-0.2, 0) is 6.42 Å². The van der Waals surface area contributed by atoms with Gasteiger partial charge in [-0.25, -0.2) is 4.98 Å². The van der Waals surface area contributed by atoms with E-state index in [2.05, 4.69) is 65.0 Å². The summed E-state index contributed by atoms with van der Waals surface area (Å²) in [6.07, 6.45) is 2.92. The first-order valence-electron chi connectivity index (χ1n) is 9.53. The van der Waals surface area contributed by atoms with Crippen molar-refractivity contribution in [2.75, 3.05) is 51.7 Å². The highest BCUT2D eigenvalue weighted by molar-refractivity contribution is 14.0. The molecule has 0 bridgehead atoms. The SMILES string of the molecule is CCc1ccc(C(CN=C(N)N2CCN(c3nccs3)CC2)N(C)C)cc1.I. The number of guanidine groups is 1. The number of nitrogens with zero attached hydrogens (tertiary/aromatic N) is 5. The van der Waals surface area contributed by atoms with Gasteiger partial charge in [0.1, 0.15) is 0 Å². The minimum Gasteiger partial charge on any atom is -0.370 e. The van der Waals surface area contributed by atoms with E-state index < -0.39 is 0 Å².